The van der Waals surface area contributed by atoms with Crippen molar-refractivity contribution >= 4 is 27.7 Å². The van der Waals surface area contributed by atoms with Crippen molar-refractivity contribution in [2.75, 3.05) is 39.6 Å². The van der Waals surface area contributed by atoms with Crippen LogP contribution in [0.3, 0.4) is 0 Å². The first-order valence-corrected chi connectivity index (χ1v) is 11.8. The molecule has 2 aliphatic rings. The molecule has 0 aromatic rings. The summed E-state index contributed by atoms with van der Waals surface area (Å²) in [5.41, 5.74) is 5.51. The van der Waals surface area contributed by atoms with Crippen LogP contribution in [0, 0.1) is 5.92 Å². The van der Waals surface area contributed by atoms with E-state index in [1.54, 1.807) is 0 Å². The van der Waals surface area contributed by atoms with E-state index in [0.717, 1.165) is 36.2 Å². The largest absolute Gasteiger partial charge is 0.375 e. The number of sulfonamides is 1. The Morgan fingerprint density at radius 1 is 1.17 bits per heavy atom. The predicted octanol–water partition coefficient (Wildman–Crippen LogP) is -0.954. The normalized spacial score (nSPS) is 22.8. The van der Waals surface area contributed by atoms with Crippen molar-refractivity contribution in [2.45, 2.75) is 50.6 Å². The van der Waals surface area contributed by atoms with Gasteiger partial charge in [-0.25, -0.2) is 8.42 Å². The summed E-state index contributed by atoms with van der Waals surface area (Å²) in [6, 6.07) is -1.90. The van der Waals surface area contributed by atoms with Crippen molar-refractivity contribution < 1.29 is 27.5 Å². The van der Waals surface area contributed by atoms with Crippen molar-refractivity contribution in [1.29, 1.82) is 0 Å². The molecule has 0 radical (unpaired) electrons. The van der Waals surface area contributed by atoms with Crippen LogP contribution >= 0.6 is 0 Å². The van der Waals surface area contributed by atoms with Crippen LogP contribution in [0.15, 0.2) is 0 Å². The van der Waals surface area contributed by atoms with Crippen molar-refractivity contribution in [3.63, 3.8) is 0 Å². The molecule has 29 heavy (non-hydrogen) atoms. The fraction of sp³-hybridized carbons (Fsp3) is 0.833. The lowest BCUT2D eigenvalue weighted by molar-refractivity contribution is -0.146. The maximum Gasteiger partial charge on any atom is 0.249 e. The summed E-state index contributed by atoms with van der Waals surface area (Å²) in [5, 5.41) is 2.66. The molecule has 1 saturated carbocycles. The van der Waals surface area contributed by atoms with Crippen LogP contribution in [0.25, 0.3) is 0 Å². The second-order valence-corrected chi connectivity index (χ2v) is 9.84. The molecule has 11 heteroatoms. The van der Waals surface area contributed by atoms with Crippen molar-refractivity contribution in [2.24, 2.45) is 11.7 Å². The monoisotopic (exact) mass is 432 g/mol. The number of amides is 3. The Morgan fingerprint density at radius 3 is 2.38 bits per heavy atom. The van der Waals surface area contributed by atoms with Crippen LogP contribution in [0.5, 0.6) is 0 Å². The molecule has 2 unspecified atom stereocenters. The lowest BCUT2D eigenvalue weighted by Crippen LogP contribution is -2.63. The van der Waals surface area contributed by atoms with E-state index in [0.29, 0.717) is 12.3 Å². The van der Waals surface area contributed by atoms with Gasteiger partial charge in [0, 0.05) is 26.7 Å². The fourth-order valence-corrected chi connectivity index (χ4v) is 4.88. The smallest absolute Gasteiger partial charge is 0.249 e. The molecule has 1 heterocycles. The molecule has 1 aliphatic heterocycles. The molecule has 0 bridgehead atoms. The highest BCUT2D eigenvalue weighted by molar-refractivity contribution is 7.88. The second-order valence-electron chi connectivity index (χ2n) is 7.86. The molecule has 0 aromatic heterocycles. The Balaban J connectivity index is 2.13. The minimum atomic E-state index is -3.53. The molecule has 166 valence electrons. The van der Waals surface area contributed by atoms with Gasteiger partial charge in [0.05, 0.1) is 6.26 Å². The van der Waals surface area contributed by atoms with E-state index in [1.807, 2.05) is 0 Å². The summed E-state index contributed by atoms with van der Waals surface area (Å²) in [5.74, 6) is -1.31. The number of piperazine rings is 1. The third-order valence-electron chi connectivity index (χ3n) is 5.66. The molecule has 10 nitrogen and oxygen atoms in total. The summed E-state index contributed by atoms with van der Waals surface area (Å²) >= 11 is 0. The quantitative estimate of drug-likeness (QED) is 0.507. The molecule has 2 fully saturated rings. The Kier molecular flexibility index (Phi) is 8.41. The highest BCUT2D eigenvalue weighted by Crippen LogP contribution is 2.27. The Labute approximate surface area is 172 Å². The average Bonchev–Trinajstić information content (AvgIpc) is 2.67. The Morgan fingerprint density at radius 2 is 1.83 bits per heavy atom. The van der Waals surface area contributed by atoms with Crippen LogP contribution in [-0.4, -0.2) is 87.0 Å². The first kappa shape index (κ1) is 23.6. The fourth-order valence-electron chi connectivity index (χ4n) is 4.06. The molecule has 0 aromatic carbocycles. The van der Waals surface area contributed by atoms with Gasteiger partial charge in [-0.2, -0.15) is 4.31 Å². The summed E-state index contributed by atoms with van der Waals surface area (Å²) in [4.78, 5) is 38.6. The summed E-state index contributed by atoms with van der Waals surface area (Å²) < 4.78 is 29.9. The van der Waals surface area contributed by atoms with Crippen LogP contribution in [0.4, 0.5) is 0 Å². The van der Waals surface area contributed by atoms with E-state index in [9.17, 15) is 22.8 Å². The number of carbonyl (C=O) groups is 3. The van der Waals surface area contributed by atoms with E-state index >= 15 is 0 Å². The van der Waals surface area contributed by atoms with Gasteiger partial charge in [0.1, 0.15) is 18.7 Å². The zero-order valence-corrected chi connectivity index (χ0v) is 17.9. The molecule has 1 saturated heterocycles. The number of hydrogen-bond acceptors (Lipinski definition) is 6. The van der Waals surface area contributed by atoms with Gasteiger partial charge in [0.2, 0.25) is 27.7 Å². The zero-order valence-electron chi connectivity index (χ0n) is 17.1. The average molecular weight is 433 g/mol. The van der Waals surface area contributed by atoms with Crippen LogP contribution in [0.2, 0.25) is 0 Å². The number of hydrogen-bond donors (Lipinski definition) is 2. The standard InChI is InChI=1S/C18H32N4O6S/c1-28-12-16(23)22-9-8-21(29(2,26)27)11-15(22)18(25)20-14(17(19)24)10-13-6-4-3-5-7-13/h13-15H,3-12H2,1-2H3,(H2,19,24)(H,20,25). The Hall–Kier alpha value is -1.72. The third-order valence-corrected chi connectivity index (χ3v) is 6.93. The number of methoxy groups -OCH3 is 1. The topological polar surface area (TPSA) is 139 Å². The molecule has 1 aliphatic carbocycles. The lowest BCUT2D eigenvalue weighted by atomic mass is 9.84. The van der Waals surface area contributed by atoms with Crippen LogP contribution in [-0.2, 0) is 29.1 Å². The van der Waals surface area contributed by atoms with E-state index in [4.69, 9.17) is 10.5 Å². The minimum Gasteiger partial charge on any atom is -0.375 e. The number of ether oxygens (including phenoxy) is 1. The van der Waals surface area contributed by atoms with E-state index in [1.165, 1.54) is 18.4 Å². The number of carbonyl (C=O) groups excluding carboxylic acids is 3. The number of rotatable bonds is 8. The summed E-state index contributed by atoms with van der Waals surface area (Å²) in [6.07, 6.45) is 6.85. The number of nitrogens with zero attached hydrogens (tertiary/aromatic N) is 2. The maximum atomic E-state index is 13.0. The molecule has 2 atom stereocenters. The van der Waals surface area contributed by atoms with E-state index in [-0.39, 0.29) is 26.2 Å². The van der Waals surface area contributed by atoms with Crippen molar-refractivity contribution in [1.82, 2.24) is 14.5 Å². The van der Waals surface area contributed by atoms with Gasteiger partial charge >= 0.3 is 0 Å². The summed E-state index contributed by atoms with van der Waals surface area (Å²) in [7, 11) is -2.16. The predicted molar refractivity (Wildman–Crippen MR) is 106 cm³/mol. The highest BCUT2D eigenvalue weighted by Gasteiger charge is 2.39. The van der Waals surface area contributed by atoms with Crippen LogP contribution in [0.1, 0.15) is 38.5 Å². The SMILES string of the molecule is COCC(=O)N1CCN(S(C)(=O)=O)CC1C(=O)NC(CC1CCCCC1)C(N)=O. The number of nitrogens with two attached hydrogens (primary N) is 1. The highest BCUT2D eigenvalue weighted by atomic mass is 32.2. The third kappa shape index (κ3) is 6.65. The van der Waals surface area contributed by atoms with Crippen LogP contribution < -0.4 is 11.1 Å². The zero-order chi connectivity index (χ0) is 21.6. The first-order chi connectivity index (χ1) is 13.6. The van der Waals surface area contributed by atoms with Gasteiger partial charge in [0.15, 0.2) is 0 Å². The van der Waals surface area contributed by atoms with Gasteiger partial charge in [-0.05, 0) is 12.3 Å². The molecular weight excluding hydrogens is 400 g/mol. The summed E-state index contributed by atoms with van der Waals surface area (Å²) in [6.45, 7) is -0.227. The maximum absolute atomic E-state index is 13.0. The van der Waals surface area contributed by atoms with Crippen molar-refractivity contribution in [3.8, 4) is 0 Å². The van der Waals surface area contributed by atoms with Gasteiger partial charge in [-0.15, -0.1) is 0 Å². The molecular formula is C18H32N4O6S. The van der Waals surface area contributed by atoms with Gasteiger partial charge < -0.3 is 20.7 Å². The first-order valence-electron chi connectivity index (χ1n) is 9.96. The van der Waals surface area contributed by atoms with E-state index in [2.05, 4.69) is 5.32 Å². The number of nitrogens with one attached hydrogen (secondary N) is 1. The lowest BCUT2D eigenvalue weighted by Gasteiger charge is -2.39. The minimum absolute atomic E-state index is 0.0667. The molecule has 0 spiro atoms. The molecule has 3 N–H and O–H groups in total. The van der Waals surface area contributed by atoms with Gasteiger partial charge in [0.25, 0.3) is 0 Å². The molecule has 3 amide bonds. The molecule has 2 rings (SSSR count). The Bertz CT molecular complexity index is 707. The number of primary amides is 1. The second kappa shape index (κ2) is 10.4. The van der Waals surface area contributed by atoms with E-state index < -0.39 is 39.8 Å². The van der Waals surface area contributed by atoms with Gasteiger partial charge in [-0.1, -0.05) is 32.1 Å². The van der Waals surface area contributed by atoms with Gasteiger partial charge in [-0.3, -0.25) is 14.4 Å². The van der Waals surface area contributed by atoms with Crippen molar-refractivity contribution in [3.05, 3.63) is 0 Å².